The zero-order valence-electron chi connectivity index (χ0n) is 14.5. The molecule has 4 rings (SSSR count). The van der Waals surface area contributed by atoms with Crippen LogP contribution in [0.5, 0.6) is 0 Å². The molecule has 0 aliphatic rings. The van der Waals surface area contributed by atoms with Gasteiger partial charge in [-0.1, -0.05) is 66.4 Å². The van der Waals surface area contributed by atoms with Crippen LogP contribution in [0.15, 0.2) is 82.6 Å². The fraction of sp³-hybridized carbons (Fsp3) is 0.143. The highest BCUT2D eigenvalue weighted by molar-refractivity contribution is 7.98. The fourth-order valence-electron chi connectivity index (χ4n) is 2.81. The number of aryl methyl sites for hydroxylation is 1. The van der Waals surface area contributed by atoms with Crippen molar-refractivity contribution in [1.82, 2.24) is 14.8 Å². The van der Waals surface area contributed by atoms with Crippen LogP contribution in [-0.2, 0) is 12.3 Å². The van der Waals surface area contributed by atoms with Crippen LogP contribution in [0.4, 0.5) is 0 Å². The Morgan fingerprint density at radius 2 is 1.73 bits per heavy atom. The van der Waals surface area contributed by atoms with Gasteiger partial charge in [0.15, 0.2) is 11.0 Å². The number of hydrogen-bond donors (Lipinski definition) is 0. The van der Waals surface area contributed by atoms with Gasteiger partial charge in [-0.3, -0.25) is 4.57 Å². The van der Waals surface area contributed by atoms with Gasteiger partial charge in [0.25, 0.3) is 0 Å². The van der Waals surface area contributed by atoms with Crippen molar-refractivity contribution < 1.29 is 4.42 Å². The number of rotatable bonds is 6. The van der Waals surface area contributed by atoms with E-state index in [0.29, 0.717) is 6.54 Å². The van der Waals surface area contributed by atoms with Gasteiger partial charge in [0, 0.05) is 11.3 Å². The first kappa shape index (κ1) is 16.7. The molecule has 26 heavy (non-hydrogen) atoms. The highest BCUT2D eigenvalue weighted by Gasteiger charge is 2.16. The van der Waals surface area contributed by atoms with E-state index in [1.165, 1.54) is 11.1 Å². The summed E-state index contributed by atoms with van der Waals surface area (Å²) >= 11 is 1.70. The predicted molar refractivity (Wildman–Crippen MR) is 104 cm³/mol. The topological polar surface area (TPSA) is 43.9 Å². The molecule has 0 radical (unpaired) electrons. The maximum atomic E-state index is 5.55. The van der Waals surface area contributed by atoms with Gasteiger partial charge in [-0.15, -0.1) is 10.2 Å². The minimum absolute atomic E-state index is 0.611. The second-order valence-corrected chi connectivity index (χ2v) is 7.00. The Kier molecular flexibility index (Phi) is 4.88. The molecule has 2 aromatic heterocycles. The molecule has 0 saturated carbocycles. The molecule has 0 amide bonds. The molecular formula is C21H19N3OS. The molecule has 0 unspecified atom stereocenters. The summed E-state index contributed by atoms with van der Waals surface area (Å²) in [5.74, 6) is 2.60. The van der Waals surface area contributed by atoms with Gasteiger partial charge in [0.2, 0.25) is 0 Å². The van der Waals surface area contributed by atoms with E-state index >= 15 is 0 Å². The Morgan fingerprint density at radius 3 is 2.50 bits per heavy atom. The van der Waals surface area contributed by atoms with Crippen LogP contribution in [0.2, 0.25) is 0 Å². The lowest BCUT2D eigenvalue weighted by atomic mass is 10.1. The van der Waals surface area contributed by atoms with E-state index in [-0.39, 0.29) is 0 Å². The van der Waals surface area contributed by atoms with Gasteiger partial charge in [-0.25, -0.2) is 0 Å². The van der Waals surface area contributed by atoms with Gasteiger partial charge >= 0.3 is 0 Å². The van der Waals surface area contributed by atoms with Crippen molar-refractivity contribution in [3.63, 3.8) is 0 Å². The van der Waals surface area contributed by atoms with Crippen LogP contribution >= 0.6 is 11.8 Å². The highest BCUT2D eigenvalue weighted by Crippen LogP contribution is 2.28. The molecule has 2 aromatic carbocycles. The smallest absolute Gasteiger partial charge is 0.192 e. The molecule has 2 heterocycles. The molecule has 0 N–H and O–H groups in total. The zero-order chi connectivity index (χ0) is 17.8. The molecule has 0 bridgehead atoms. The largest absolute Gasteiger partial charge is 0.467 e. The third kappa shape index (κ3) is 3.58. The Bertz CT molecular complexity index is 978. The van der Waals surface area contributed by atoms with Crippen LogP contribution in [0.25, 0.3) is 11.4 Å². The molecule has 0 fully saturated rings. The molecule has 0 aliphatic carbocycles. The third-order valence-electron chi connectivity index (χ3n) is 4.26. The van der Waals surface area contributed by atoms with Crippen molar-refractivity contribution in [2.75, 3.05) is 0 Å². The summed E-state index contributed by atoms with van der Waals surface area (Å²) in [6.07, 6.45) is 1.70. The van der Waals surface area contributed by atoms with E-state index in [2.05, 4.69) is 58.1 Å². The Hall–Kier alpha value is -2.79. The van der Waals surface area contributed by atoms with Gasteiger partial charge in [0.1, 0.15) is 5.76 Å². The van der Waals surface area contributed by atoms with E-state index in [0.717, 1.165) is 28.1 Å². The number of benzene rings is 2. The van der Waals surface area contributed by atoms with Crippen LogP contribution in [0.1, 0.15) is 16.9 Å². The predicted octanol–water partition coefficient (Wildman–Crippen LogP) is 5.19. The molecule has 0 atom stereocenters. The number of furan rings is 1. The maximum Gasteiger partial charge on any atom is 0.192 e. The normalized spacial score (nSPS) is 11.0. The molecule has 0 saturated heterocycles. The molecule has 4 nitrogen and oxygen atoms in total. The van der Waals surface area contributed by atoms with Gasteiger partial charge in [-0.2, -0.15) is 0 Å². The van der Waals surface area contributed by atoms with E-state index in [9.17, 15) is 0 Å². The van der Waals surface area contributed by atoms with Crippen LogP contribution < -0.4 is 0 Å². The maximum absolute atomic E-state index is 5.55. The first-order chi connectivity index (χ1) is 12.8. The van der Waals surface area contributed by atoms with Crippen molar-refractivity contribution in [3.05, 3.63) is 89.9 Å². The van der Waals surface area contributed by atoms with Gasteiger partial charge in [0.05, 0.1) is 12.8 Å². The minimum atomic E-state index is 0.611. The van der Waals surface area contributed by atoms with E-state index in [1.54, 1.807) is 18.0 Å². The summed E-state index contributed by atoms with van der Waals surface area (Å²) in [4.78, 5) is 0. The Balaban J connectivity index is 1.65. The van der Waals surface area contributed by atoms with Crippen molar-refractivity contribution in [3.8, 4) is 11.4 Å². The molecule has 130 valence electrons. The Labute approximate surface area is 156 Å². The lowest BCUT2D eigenvalue weighted by molar-refractivity contribution is 0.485. The summed E-state index contributed by atoms with van der Waals surface area (Å²) in [6.45, 7) is 2.75. The second kappa shape index (κ2) is 7.62. The summed E-state index contributed by atoms with van der Waals surface area (Å²) in [6, 6.07) is 22.5. The van der Waals surface area contributed by atoms with E-state index < -0.39 is 0 Å². The SMILES string of the molecule is Cc1ccccc1CSc1nnc(-c2ccccc2)n1Cc1ccco1. The van der Waals surface area contributed by atoms with Crippen molar-refractivity contribution in [2.45, 2.75) is 24.4 Å². The molecular weight excluding hydrogens is 342 g/mol. The average Bonchev–Trinajstić information content (AvgIpc) is 3.32. The Morgan fingerprint density at radius 1 is 0.923 bits per heavy atom. The van der Waals surface area contributed by atoms with Gasteiger partial charge < -0.3 is 4.42 Å². The van der Waals surface area contributed by atoms with Crippen LogP contribution in [0, 0.1) is 6.92 Å². The number of nitrogens with zero attached hydrogens (tertiary/aromatic N) is 3. The molecule has 0 aliphatic heterocycles. The quantitative estimate of drug-likeness (QED) is 0.444. The van der Waals surface area contributed by atoms with Crippen molar-refractivity contribution in [2.24, 2.45) is 0 Å². The monoisotopic (exact) mass is 361 g/mol. The average molecular weight is 361 g/mol. The van der Waals surface area contributed by atoms with Crippen molar-refractivity contribution in [1.29, 1.82) is 0 Å². The standard InChI is InChI=1S/C21H19N3OS/c1-16-8-5-6-11-18(16)15-26-21-23-22-20(17-9-3-2-4-10-17)24(21)14-19-12-7-13-25-19/h2-13H,14-15H2,1H3. The van der Waals surface area contributed by atoms with E-state index in [4.69, 9.17) is 4.42 Å². The lowest BCUT2D eigenvalue weighted by Gasteiger charge is -2.09. The van der Waals surface area contributed by atoms with Crippen LogP contribution in [0.3, 0.4) is 0 Å². The molecule has 5 heteroatoms. The first-order valence-electron chi connectivity index (χ1n) is 8.49. The summed E-state index contributed by atoms with van der Waals surface area (Å²) < 4.78 is 7.67. The molecule has 4 aromatic rings. The number of thioether (sulfide) groups is 1. The summed E-state index contributed by atoms with van der Waals surface area (Å²) in [7, 11) is 0. The summed E-state index contributed by atoms with van der Waals surface area (Å²) in [5.41, 5.74) is 3.65. The fourth-order valence-corrected chi connectivity index (χ4v) is 3.83. The summed E-state index contributed by atoms with van der Waals surface area (Å²) in [5, 5.41) is 9.80. The van der Waals surface area contributed by atoms with E-state index in [1.807, 2.05) is 30.3 Å². The number of hydrogen-bond acceptors (Lipinski definition) is 4. The second-order valence-electron chi connectivity index (χ2n) is 6.05. The van der Waals surface area contributed by atoms with Crippen molar-refractivity contribution >= 4 is 11.8 Å². The lowest BCUT2D eigenvalue weighted by Crippen LogP contribution is -2.03. The molecule has 0 spiro atoms. The van der Waals surface area contributed by atoms with Gasteiger partial charge in [-0.05, 0) is 30.2 Å². The number of aromatic nitrogens is 3. The minimum Gasteiger partial charge on any atom is -0.467 e. The zero-order valence-corrected chi connectivity index (χ0v) is 15.3. The third-order valence-corrected chi connectivity index (χ3v) is 5.28. The highest BCUT2D eigenvalue weighted by atomic mass is 32.2. The first-order valence-corrected chi connectivity index (χ1v) is 9.48. The van der Waals surface area contributed by atoms with Crippen LogP contribution in [-0.4, -0.2) is 14.8 Å².